The second-order valence-electron chi connectivity index (χ2n) is 4.42. The second kappa shape index (κ2) is 6.37. The Balaban J connectivity index is 2.16. The Labute approximate surface area is 130 Å². The molecule has 5 heteroatoms. The number of hydrogen-bond acceptors (Lipinski definition) is 1. The first-order valence-corrected chi connectivity index (χ1v) is 7.09. The van der Waals surface area contributed by atoms with Crippen molar-refractivity contribution in [2.24, 2.45) is 0 Å². The van der Waals surface area contributed by atoms with Crippen molar-refractivity contribution >= 4 is 33.4 Å². The fourth-order valence-corrected chi connectivity index (χ4v) is 2.70. The number of nitrogens with zero attached hydrogens (tertiary/aromatic N) is 1. The monoisotopic (exact) mass is 355 g/mol. The largest absolute Gasteiger partial charge is 0.337 e. The molecule has 0 radical (unpaired) electrons. The predicted molar refractivity (Wildman–Crippen MR) is 81.3 cm³/mol. The second-order valence-corrected chi connectivity index (χ2v) is 5.71. The molecule has 0 unspecified atom stereocenters. The van der Waals surface area contributed by atoms with Gasteiger partial charge in [-0.3, -0.25) is 4.79 Å². The first-order chi connectivity index (χ1) is 9.47. The fraction of sp³-hybridized carbons (Fsp3) is 0.133. The van der Waals surface area contributed by atoms with Crippen molar-refractivity contribution in [3.05, 3.63) is 68.9 Å². The lowest BCUT2D eigenvalue weighted by atomic mass is 10.1. The third-order valence-electron chi connectivity index (χ3n) is 2.82. The van der Waals surface area contributed by atoms with Crippen LogP contribution < -0.4 is 0 Å². The summed E-state index contributed by atoms with van der Waals surface area (Å²) in [5, 5.41) is 0.557. The number of hydrogen-bond donors (Lipinski definition) is 0. The average molecular weight is 357 g/mol. The molecule has 0 aliphatic heterocycles. The Morgan fingerprint density at radius 1 is 1.30 bits per heavy atom. The number of rotatable bonds is 3. The lowest BCUT2D eigenvalue weighted by Crippen LogP contribution is -2.26. The first-order valence-electron chi connectivity index (χ1n) is 5.92. The van der Waals surface area contributed by atoms with E-state index in [1.54, 1.807) is 37.4 Å². The van der Waals surface area contributed by atoms with Crippen molar-refractivity contribution < 1.29 is 9.18 Å². The van der Waals surface area contributed by atoms with E-state index in [1.165, 1.54) is 17.0 Å². The van der Waals surface area contributed by atoms with Gasteiger partial charge in [0, 0.05) is 23.1 Å². The molecule has 0 aliphatic rings. The van der Waals surface area contributed by atoms with Crippen molar-refractivity contribution in [1.29, 1.82) is 0 Å². The molecule has 0 aromatic heterocycles. The van der Waals surface area contributed by atoms with Crippen LogP contribution in [0.1, 0.15) is 15.9 Å². The van der Waals surface area contributed by atoms with Crippen molar-refractivity contribution in [2.45, 2.75) is 6.54 Å². The highest BCUT2D eigenvalue weighted by atomic mass is 79.9. The summed E-state index contributed by atoms with van der Waals surface area (Å²) in [6.07, 6.45) is 0. The van der Waals surface area contributed by atoms with Gasteiger partial charge in [-0.05, 0) is 51.8 Å². The molecule has 104 valence electrons. The SMILES string of the molecule is CN(Cc1cccc(F)c1)C(=O)c1ccc(Cl)cc1Br. The standard InChI is InChI=1S/C15H12BrClFNO/c1-19(9-10-3-2-4-12(18)7-10)15(20)13-6-5-11(17)8-14(13)16/h2-8H,9H2,1H3. The van der Waals surface area contributed by atoms with Gasteiger partial charge in [0.1, 0.15) is 5.82 Å². The number of carbonyl (C=O) groups excluding carboxylic acids is 1. The minimum atomic E-state index is -0.309. The van der Waals surface area contributed by atoms with Crippen molar-refractivity contribution in [3.63, 3.8) is 0 Å². The first kappa shape index (κ1) is 15.0. The van der Waals surface area contributed by atoms with Crippen LogP contribution in [0.3, 0.4) is 0 Å². The summed E-state index contributed by atoms with van der Waals surface area (Å²) in [5.41, 5.74) is 1.26. The summed E-state index contributed by atoms with van der Waals surface area (Å²) in [7, 11) is 1.67. The summed E-state index contributed by atoms with van der Waals surface area (Å²) >= 11 is 9.17. The number of halogens is 3. The van der Waals surface area contributed by atoms with E-state index in [1.807, 2.05) is 0 Å². The van der Waals surface area contributed by atoms with Crippen LogP contribution in [-0.4, -0.2) is 17.9 Å². The summed E-state index contributed by atoms with van der Waals surface area (Å²) in [6.45, 7) is 0.339. The highest BCUT2D eigenvalue weighted by Gasteiger charge is 2.15. The molecule has 0 aliphatic carbocycles. The zero-order chi connectivity index (χ0) is 14.7. The topological polar surface area (TPSA) is 20.3 Å². The van der Waals surface area contributed by atoms with Crippen LogP contribution in [0.15, 0.2) is 46.9 Å². The van der Waals surface area contributed by atoms with Gasteiger partial charge >= 0.3 is 0 Å². The molecule has 2 nitrogen and oxygen atoms in total. The molecule has 0 saturated heterocycles. The molecule has 0 spiro atoms. The molecule has 0 bridgehead atoms. The Morgan fingerprint density at radius 2 is 2.05 bits per heavy atom. The highest BCUT2D eigenvalue weighted by Crippen LogP contribution is 2.23. The molecule has 0 N–H and O–H groups in total. The van der Waals surface area contributed by atoms with Gasteiger partial charge in [-0.15, -0.1) is 0 Å². The number of carbonyl (C=O) groups is 1. The van der Waals surface area contributed by atoms with Gasteiger partial charge in [0.2, 0.25) is 0 Å². The average Bonchev–Trinajstić information content (AvgIpc) is 2.38. The van der Waals surface area contributed by atoms with E-state index in [9.17, 15) is 9.18 Å². The zero-order valence-corrected chi connectivity index (χ0v) is 13.1. The molecule has 2 aromatic rings. The molecular weight excluding hydrogens is 345 g/mol. The molecule has 0 heterocycles. The van der Waals surface area contributed by atoms with E-state index in [0.29, 0.717) is 21.6 Å². The third-order valence-corrected chi connectivity index (χ3v) is 3.71. The van der Waals surface area contributed by atoms with Gasteiger partial charge in [0.05, 0.1) is 5.56 Å². The number of benzene rings is 2. The third kappa shape index (κ3) is 3.58. The zero-order valence-electron chi connectivity index (χ0n) is 10.7. The molecule has 0 saturated carbocycles. The normalized spacial score (nSPS) is 10.4. The fourth-order valence-electron chi connectivity index (χ4n) is 1.85. The van der Waals surface area contributed by atoms with E-state index >= 15 is 0 Å². The van der Waals surface area contributed by atoms with Crippen LogP contribution in [0.25, 0.3) is 0 Å². The minimum Gasteiger partial charge on any atom is -0.337 e. The van der Waals surface area contributed by atoms with Gasteiger partial charge in [-0.1, -0.05) is 23.7 Å². The van der Waals surface area contributed by atoms with Crippen molar-refractivity contribution in [2.75, 3.05) is 7.05 Å². The molecule has 20 heavy (non-hydrogen) atoms. The smallest absolute Gasteiger partial charge is 0.255 e. The van der Waals surface area contributed by atoms with Crippen LogP contribution in [-0.2, 0) is 6.54 Å². The predicted octanol–water partition coefficient (Wildman–Crippen LogP) is 4.51. The van der Waals surface area contributed by atoms with Crippen LogP contribution in [0.5, 0.6) is 0 Å². The van der Waals surface area contributed by atoms with Gasteiger partial charge in [-0.25, -0.2) is 4.39 Å². The van der Waals surface area contributed by atoms with Crippen molar-refractivity contribution in [3.8, 4) is 0 Å². The Hall–Kier alpha value is -1.39. The van der Waals surface area contributed by atoms with Crippen LogP contribution >= 0.6 is 27.5 Å². The maximum absolute atomic E-state index is 13.1. The molecular formula is C15H12BrClFNO. The Bertz CT molecular complexity index is 648. The summed E-state index contributed by atoms with van der Waals surface area (Å²) in [4.78, 5) is 13.9. The van der Waals surface area contributed by atoms with E-state index in [4.69, 9.17) is 11.6 Å². The molecule has 2 aromatic carbocycles. The van der Waals surface area contributed by atoms with E-state index in [0.717, 1.165) is 5.56 Å². The van der Waals surface area contributed by atoms with Crippen LogP contribution in [0.4, 0.5) is 4.39 Å². The number of amides is 1. The summed E-state index contributed by atoms with van der Waals surface area (Å²) in [6, 6.07) is 11.2. The maximum Gasteiger partial charge on any atom is 0.255 e. The van der Waals surface area contributed by atoms with Gasteiger partial charge in [0.15, 0.2) is 0 Å². The van der Waals surface area contributed by atoms with Gasteiger partial charge in [-0.2, -0.15) is 0 Å². The molecule has 2 rings (SSSR count). The van der Waals surface area contributed by atoms with Crippen LogP contribution in [0, 0.1) is 5.82 Å². The quantitative estimate of drug-likeness (QED) is 0.792. The van der Waals surface area contributed by atoms with E-state index in [-0.39, 0.29) is 11.7 Å². The van der Waals surface area contributed by atoms with E-state index < -0.39 is 0 Å². The Morgan fingerprint density at radius 3 is 2.70 bits per heavy atom. The maximum atomic E-state index is 13.1. The highest BCUT2D eigenvalue weighted by molar-refractivity contribution is 9.10. The molecule has 0 atom stereocenters. The molecule has 0 fully saturated rings. The van der Waals surface area contributed by atoms with Crippen LogP contribution in [0.2, 0.25) is 5.02 Å². The Kier molecular flexibility index (Phi) is 4.78. The minimum absolute atomic E-state index is 0.155. The molecule has 1 amide bonds. The summed E-state index contributed by atoms with van der Waals surface area (Å²) < 4.78 is 13.8. The summed E-state index contributed by atoms with van der Waals surface area (Å²) in [5.74, 6) is -0.464. The van der Waals surface area contributed by atoms with E-state index in [2.05, 4.69) is 15.9 Å². The van der Waals surface area contributed by atoms with Crippen molar-refractivity contribution in [1.82, 2.24) is 4.90 Å². The lowest BCUT2D eigenvalue weighted by molar-refractivity contribution is 0.0784. The lowest BCUT2D eigenvalue weighted by Gasteiger charge is -2.18. The van der Waals surface area contributed by atoms with Gasteiger partial charge < -0.3 is 4.90 Å². The van der Waals surface area contributed by atoms with Gasteiger partial charge in [0.25, 0.3) is 5.91 Å².